The van der Waals surface area contributed by atoms with Gasteiger partial charge >= 0.3 is 12.0 Å². The third kappa shape index (κ3) is 5.06. The molecule has 0 radical (unpaired) electrons. The molecule has 1 aromatic heterocycles. The highest BCUT2D eigenvalue weighted by Gasteiger charge is 2.17. The number of carboxylic acids is 1. The van der Waals surface area contributed by atoms with Crippen molar-refractivity contribution in [3.8, 4) is 0 Å². The molecule has 0 saturated carbocycles. The van der Waals surface area contributed by atoms with E-state index in [2.05, 4.69) is 10.3 Å². The minimum atomic E-state index is -0.959. The van der Waals surface area contributed by atoms with Crippen LogP contribution in [0.2, 0.25) is 0 Å². The maximum absolute atomic E-state index is 12.4. The molecule has 2 amide bonds. The lowest BCUT2D eigenvalue weighted by Crippen LogP contribution is -2.44. The molecule has 0 saturated heterocycles. The second kappa shape index (κ2) is 8.44. The van der Waals surface area contributed by atoms with E-state index in [0.29, 0.717) is 13.1 Å². The van der Waals surface area contributed by atoms with Crippen molar-refractivity contribution in [2.75, 3.05) is 6.54 Å². The maximum Gasteiger partial charge on any atom is 0.335 e. The lowest BCUT2D eigenvalue weighted by molar-refractivity contribution is 0.0697. The highest BCUT2D eigenvalue weighted by atomic mass is 32.1. The smallest absolute Gasteiger partial charge is 0.335 e. The van der Waals surface area contributed by atoms with Crippen LogP contribution in [-0.2, 0) is 13.0 Å². The van der Waals surface area contributed by atoms with E-state index in [1.54, 1.807) is 34.6 Å². The molecular weight excluding hydrogens is 326 g/mol. The molecule has 0 atom stereocenters. The molecule has 128 valence electrons. The van der Waals surface area contributed by atoms with Crippen molar-refractivity contribution in [1.82, 2.24) is 15.2 Å². The molecule has 0 unspecified atom stereocenters. The van der Waals surface area contributed by atoms with Crippen molar-refractivity contribution >= 4 is 23.3 Å². The minimum absolute atomic E-state index is 0.0827. The average Bonchev–Trinajstić information content (AvgIpc) is 3.06. The zero-order chi connectivity index (χ0) is 17.5. The van der Waals surface area contributed by atoms with E-state index in [-0.39, 0.29) is 17.6 Å². The van der Waals surface area contributed by atoms with Crippen LogP contribution in [-0.4, -0.2) is 39.6 Å². The quantitative estimate of drug-likeness (QED) is 0.806. The van der Waals surface area contributed by atoms with Gasteiger partial charge in [-0.05, 0) is 31.5 Å². The van der Waals surface area contributed by atoms with E-state index in [9.17, 15) is 9.59 Å². The summed E-state index contributed by atoms with van der Waals surface area (Å²) in [6.45, 7) is 4.92. The van der Waals surface area contributed by atoms with Crippen LogP contribution >= 0.6 is 11.3 Å². The summed E-state index contributed by atoms with van der Waals surface area (Å²) < 4.78 is 0. The van der Waals surface area contributed by atoms with Crippen molar-refractivity contribution < 1.29 is 14.7 Å². The number of rotatable bonds is 7. The first-order chi connectivity index (χ1) is 11.5. The molecule has 6 nitrogen and oxygen atoms in total. The lowest BCUT2D eigenvalue weighted by atomic mass is 10.1. The molecule has 0 aliphatic rings. The zero-order valence-electron chi connectivity index (χ0n) is 13.7. The Morgan fingerprint density at radius 1 is 1.29 bits per heavy atom. The van der Waals surface area contributed by atoms with Crippen molar-refractivity contribution in [2.45, 2.75) is 32.9 Å². The number of carbonyl (C=O) groups is 2. The number of thiazole rings is 1. The summed E-state index contributed by atoms with van der Waals surface area (Å²) in [4.78, 5) is 29.2. The van der Waals surface area contributed by atoms with Crippen LogP contribution in [0.4, 0.5) is 4.79 Å². The summed E-state index contributed by atoms with van der Waals surface area (Å²) in [6.07, 6.45) is 2.50. The molecule has 7 heteroatoms. The molecule has 0 spiro atoms. The Labute approximate surface area is 145 Å². The number of aromatic nitrogens is 1. The molecule has 2 N–H and O–H groups in total. The zero-order valence-corrected chi connectivity index (χ0v) is 14.5. The van der Waals surface area contributed by atoms with Gasteiger partial charge in [0.25, 0.3) is 0 Å². The fourth-order valence-corrected chi connectivity index (χ4v) is 2.84. The first-order valence-electron chi connectivity index (χ1n) is 7.72. The number of carboxylic acid groups (broad SMARTS) is 1. The topological polar surface area (TPSA) is 82.5 Å². The number of benzene rings is 1. The molecule has 1 aromatic carbocycles. The van der Waals surface area contributed by atoms with Crippen LogP contribution in [0.15, 0.2) is 35.8 Å². The van der Waals surface area contributed by atoms with Crippen LogP contribution in [0.5, 0.6) is 0 Å². The first-order valence-corrected chi connectivity index (χ1v) is 8.60. The number of hydrogen-bond donors (Lipinski definition) is 2. The van der Waals surface area contributed by atoms with E-state index in [1.807, 2.05) is 19.2 Å². The van der Waals surface area contributed by atoms with Crippen molar-refractivity contribution in [3.63, 3.8) is 0 Å². The van der Waals surface area contributed by atoms with Crippen molar-refractivity contribution in [1.29, 1.82) is 0 Å². The van der Waals surface area contributed by atoms with Crippen LogP contribution in [0.1, 0.15) is 34.8 Å². The van der Waals surface area contributed by atoms with Gasteiger partial charge in [0.05, 0.1) is 10.6 Å². The van der Waals surface area contributed by atoms with Crippen molar-refractivity contribution in [2.24, 2.45) is 0 Å². The molecule has 1 heterocycles. The number of nitrogens with zero attached hydrogens (tertiary/aromatic N) is 2. The Kier molecular flexibility index (Phi) is 6.31. The van der Waals surface area contributed by atoms with Gasteiger partial charge in [0.15, 0.2) is 0 Å². The highest BCUT2D eigenvalue weighted by molar-refractivity contribution is 7.09. The van der Waals surface area contributed by atoms with Gasteiger partial charge in [0.1, 0.15) is 0 Å². The third-order valence-corrected chi connectivity index (χ3v) is 4.42. The summed E-state index contributed by atoms with van der Waals surface area (Å²) in [5.74, 6) is -0.959. The Bertz CT molecular complexity index is 669. The van der Waals surface area contributed by atoms with Gasteiger partial charge in [0, 0.05) is 37.1 Å². The molecule has 0 bridgehead atoms. The Balaban J connectivity index is 1.88. The molecule has 2 rings (SSSR count). The van der Waals surface area contributed by atoms with Gasteiger partial charge in [-0.1, -0.05) is 12.1 Å². The average molecular weight is 347 g/mol. The fourth-order valence-electron chi connectivity index (χ4n) is 2.23. The van der Waals surface area contributed by atoms with Crippen LogP contribution < -0.4 is 5.32 Å². The summed E-state index contributed by atoms with van der Waals surface area (Å²) in [5, 5.41) is 14.7. The summed E-state index contributed by atoms with van der Waals surface area (Å²) >= 11 is 1.58. The van der Waals surface area contributed by atoms with Gasteiger partial charge in [-0.2, -0.15) is 0 Å². The van der Waals surface area contributed by atoms with E-state index in [1.165, 1.54) is 12.1 Å². The normalized spacial score (nSPS) is 10.6. The number of urea groups is 1. The number of carbonyl (C=O) groups excluding carboxylic acids is 1. The van der Waals surface area contributed by atoms with Gasteiger partial charge < -0.3 is 15.3 Å². The van der Waals surface area contributed by atoms with E-state index >= 15 is 0 Å². The molecule has 24 heavy (non-hydrogen) atoms. The first kappa shape index (κ1) is 17.9. The van der Waals surface area contributed by atoms with Gasteiger partial charge in [-0.25, -0.2) is 14.6 Å². The highest BCUT2D eigenvalue weighted by Crippen LogP contribution is 2.09. The number of hydrogen-bond acceptors (Lipinski definition) is 4. The number of amides is 2. The summed E-state index contributed by atoms with van der Waals surface area (Å²) in [7, 11) is 0. The Morgan fingerprint density at radius 3 is 2.54 bits per heavy atom. The van der Waals surface area contributed by atoms with Crippen molar-refractivity contribution in [3.05, 3.63) is 52.0 Å². The second-order valence-corrected chi connectivity index (χ2v) is 6.60. The minimum Gasteiger partial charge on any atom is -0.478 e. The van der Waals surface area contributed by atoms with Crippen LogP contribution in [0.25, 0.3) is 0 Å². The maximum atomic E-state index is 12.4. The van der Waals surface area contributed by atoms with Gasteiger partial charge in [-0.3, -0.25) is 0 Å². The predicted octanol–water partition coefficient (Wildman–Crippen LogP) is 3.00. The Hall–Kier alpha value is -2.41. The summed E-state index contributed by atoms with van der Waals surface area (Å²) in [6, 6.07) is 6.43. The largest absolute Gasteiger partial charge is 0.478 e. The predicted molar refractivity (Wildman–Crippen MR) is 93.3 cm³/mol. The SMILES string of the molecule is CC(C)N(CCc1nccs1)C(=O)NCc1ccc(C(=O)O)cc1. The standard InChI is InChI=1S/C17H21N3O3S/c1-12(2)20(9-7-15-18-8-10-24-15)17(23)19-11-13-3-5-14(6-4-13)16(21)22/h3-6,8,10,12H,7,9,11H2,1-2H3,(H,19,23)(H,21,22). The fraction of sp³-hybridized carbons (Fsp3) is 0.353. The molecule has 0 aliphatic heterocycles. The van der Waals surface area contributed by atoms with E-state index in [4.69, 9.17) is 5.11 Å². The lowest BCUT2D eigenvalue weighted by Gasteiger charge is -2.26. The van der Waals surface area contributed by atoms with Crippen LogP contribution in [0, 0.1) is 0 Å². The number of aromatic carboxylic acids is 1. The van der Waals surface area contributed by atoms with Gasteiger partial charge in [-0.15, -0.1) is 11.3 Å². The second-order valence-electron chi connectivity index (χ2n) is 5.62. The Morgan fingerprint density at radius 2 is 2.00 bits per heavy atom. The molecule has 2 aromatic rings. The van der Waals surface area contributed by atoms with E-state index in [0.717, 1.165) is 17.0 Å². The van der Waals surface area contributed by atoms with Crippen LogP contribution in [0.3, 0.4) is 0 Å². The summed E-state index contributed by atoms with van der Waals surface area (Å²) in [5.41, 5.74) is 1.09. The van der Waals surface area contributed by atoms with E-state index < -0.39 is 5.97 Å². The molecular formula is C17H21N3O3S. The monoisotopic (exact) mass is 347 g/mol. The van der Waals surface area contributed by atoms with Gasteiger partial charge in [0.2, 0.25) is 0 Å². The molecule has 0 fully saturated rings. The molecule has 0 aliphatic carbocycles. The number of nitrogens with one attached hydrogen (secondary N) is 1. The third-order valence-electron chi connectivity index (χ3n) is 3.58.